The van der Waals surface area contributed by atoms with Gasteiger partial charge < -0.3 is 10.2 Å². The van der Waals surface area contributed by atoms with Crippen LogP contribution in [0.3, 0.4) is 0 Å². The van der Waals surface area contributed by atoms with Crippen LogP contribution in [0.2, 0.25) is 0 Å². The molecule has 0 spiro atoms. The van der Waals surface area contributed by atoms with Crippen molar-refractivity contribution in [2.45, 2.75) is 49.7 Å². The van der Waals surface area contributed by atoms with Gasteiger partial charge in [-0.15, -0.1) is 15.7 Å². The number of amides is 1. The minimum Gasteiger partial charge on any atom is -0.333 e. The number of rotatable bonds is 6. The Hall–Kier alpha value is -2.75. The molecule has 3 heterocycles. The van der Waals surface area contributed by atoms with E-state index in [0.717, 1.165) is 55.4 Å². The van der Waals surface area contributed by atoms with Gasteiger partial charge in [0.05, 0.1) is 6.26 Å². The predicted octanol–water partition coefficient (Wildman–Crippen LogP) is 2.62. The van der Waals surface area contributed by atoms with E-state index in [9.17, 15) is 35.2 Å². The van der Waals surface area contributed by atoms with E-state index >= 15 is 0 Å². The smallest absolute Gasteiger partial charge is 0.287 e. The highest BCUT2D eigenvalue weighted by atomic mass is 32.2. The van der Waals surface area contributed by atoms with Gasteiger partial charge in [0, 0.05) is 42.2 Å². The lowest BCUT2D eigenvalue weighted by Crippen LogP contribution is -2.66. The number of nitrogens with zero attached hydrogens (tertiary/aromatic N) is 2. The Balaban J connectivity index is 1.38. The molecule has 1 aromatic heterocycles. The number of hydrogen-bond acceptors (Lipinski definition) is 8. The first-order chi connectivity index (χ1) is 18.8. The largest absolute Gasteiger partial charge is 0.333 e. The zero-order valence-electron chi connectivity index (χ0n) is 21.3. The van der Waals surface area contributed by atoms with Gasteiger partial charge in [0.25, 0.3) is 10.0 Å². The van der Waals surface area contributed by atoms with Gasteiger partial charge in [0.1, 0.15) is 27.4 Å². The average Bonchev–Trinajstić information content (AvgIpc) is 3.30. The van der Waals surface area contributed by atoms with Gasteiger partial charge in [-0.2, -0.15) is 8.42 Å². The number of carbonyl (C=O) groups is 2. The van der Waals surface area contributed by atoms with Gasteiger partial charge in [-0.1, -0.05) is 6.07 Å². The molecule has 10 nitrogen and oxygen atoms in total. The molecular formula is C25H26F2N4O6S3. The first-order valence-electron chi connectivity index (χ1n) is 12.8. The Bertz CT molecular complexity index is 1660. The Labute approximate surface area is 234 Å². The van der Waals surface area contributed by atoms with Crippen molar-refractivity contribution >= 4 is 53.9 Å². The van der Waals surface area contributed by atoms with Crippen molar-refractivity contribution in [3.63, 3.8) is 0 Å². The summed E-state index contributed by atoms with van der Waals surface area (Å²) in [4.78, 5) is 29.2. The van der Waals surface area contributed by atoms with Crippen molar-refractivity contribution in [3.05, 3.63) is 46.3 Å². The lowest BCUT2D eigenvalue weighted by atomic mass is 9.57. The normalized spacial score (nSPS) is 29.0. The number of amidine groups is 1. The minimum atomic E-state index is -4.39. The molecule has 2 bridgehead atoms. The summed E-state index contributed by atoms with van der Waals surface area (Å²) in [6.45, 7) is -0.466. The maximum absolute atomic E-state index is 14.7. The number of fused-ring (bicyclic) bond motifs is 3. The first kappa shape index (κ1) is 27.4. The number of ketones is 1. The number of piperidine rings is 1. The van der Waals surface area contributed by atoms with Crippen LogP contribution < -0.4 is 10.0 Å². The fourth-order valence-corrected chi connectivity index (χ4v) is 9.75. The third-order valence-corrected chi connectivity index (χ3v) is 11.5. The number of sulfonamides is 2. The number of Topliss-reactive ketones (excluding diaryl/α,β-unsaturated/α-hetero) is 1. The lowest BCUT2D eigenvalue weighted by Gasteiger charge is -2.55. The SMILES string of the molecule is CS(=O)(=O)NCc1csc2c1S(=O)(=O)N=C(C1C(=O)C3C4CCC(CC4)C3N(Cc3ccc(F)cc3F)C1=O)N2. The number of hydrogen-bond donors (Lipinski definition) is 2. The van der Waals surface area contributed by atoms with Gasteiger partial charge in [-0.25, -0.2) is 21.9 Å². The number of halogens is 2. The van der Waals surface area contributed by atoms with E-state index in [1.54, 1.807) is 0 Å². The van der Waals surface area contributed by atoms with E-state index in [-0.39, 0.29) is 51.8 Å². The Kier molecular flexibility index (Phi) is 6.63. The molecule has 2 aromatic rings. The third kappa shape index (κ3) is 4.65. The molecule has 214 valence electrons. The summed E-state index contributed by atoms with van der Waals surface area (Å²) in [7, 11) is -7.99. The third-order valence-electron chi connectivity index (χ3n) is 8.37. The number of likely N-dealkylation sites (tertiary alicyclic amines) is 1. The molecule has 2 N–H and O–H groups in total. The molecule has 4 fully saturated rings. The van der Waals surface area contributed by atoms with Crippen LogP contribution >= 0.6 is 11.3 Å². The van der Waals surface area contributed by atoms with E-state index in [1.807, 2.05) is 0 Å². The van der Waals surface area contributed by atoms with Gasteiger partial charge in [0.15, 0.2) is 11.7 Å². The van der Waals surface area contributed by atoms with Crippen LogP contribution in [0.4, 0.5) is 13.8 Å². The molecule has 1 saturated heterocycles. The highest BCUT2D eigenvalue weighted by Gasteiger charge is 2.58. The standard InChI is InChI=1S/C25H26F2N4O6S3/c1-39(34,35)28-9-15-11-38-24-22(15)40(36,37)30-23(29-24)19-21(32)18-12-2-4-13(5-3-12)20(18)31(25(19)33)10-14-6-7-16(26)8-17(14)27/h6-8,11-13,18-20,28H,2-5,9-10H2,1H3,(H,29,30). The zero-order chi connectivity index (χ0) is 28.6. The fourth-order valence-electron chi connectivity index (χ4n) is 6.68. The Morgan fingerprint density at radius 3 is 2.50 bits per heavy atom. The molecule has 3 saturated carbocycles. The van der Waals surface area contributed by atoms with Crippen molar-refractivity contribution in [1.82, 2.24) is 9.62 Å². The van der Waals surface area contributed by atoms with Crippen molar-refractivity contribution < 1.29 is 35.2 Å². The summed E-state index contributed by atoms with van der Waals surface area (Å²) in [5.74, 6) is -5.00. The van der Waals surface area contributed by atoms with E-state index < -0.39 is 61.2 Å². The summed E-state index contributed by atoms with van der Waals surface area (Å²) in [6.07, 6.45) is 4.22. The number of benzene rings is 1. The minimum absolute atomic E-state index is 0.00503. The monoisotopic (exact) mass is 612 g/mol. The van der Waals surface area contributed by atoms with Gasteiger partial charge in [0.2, 0.25) is 15.9 Å². The van der Waals surface area contributed by atoms with Gasteiger partial charge in [-0.05, 0) is 49.0 Å². The fraction of sp³-hybridized carbons (Fsp3) is 0.480. The van der Waals surface area contributed by atoms with Crippen LogP contribution in [-0.4, -0.2) is 51.6 Å². The second kappa shape index (κ2) is 9.67. The number of thiophene rings is 1. The van der Waals surface area contributed by atoms with E-state index in [0.29, 0.717) is 0 Å². The number of nitrogens with one attached hydrogen (secondary N) is 2. The molecule has 15 heteroatoms. The van der Waals surface area contributed by atoms with Gasteiger partial charge in [-0.3, -0.25) is 9.59 Å². The topological polar surface area (TPSA) is 142 Å². The van der Waals surface area contributed by atoms with E-state index in [1.165, 1.54) is 16.3 Å². The predicted molar refractivity (Wildman–Crippen MR) is 142 cm³/mol. The van der Waals surface area contributed by atoms with Crippen LogP contribution in [0.5, 0.6) is 0 Å². The van der Waals surface area contributed by atoms with Gasteiger partial charge >= 0.3 is 0 Å². The van der Waals surface area contributed by atoms with Crippen LogP contribution in [-0.2, 0) is 42.7 Å². The van der Waals surface area contributed by atoms with E-state index in [2.05, 4.69) is 14.4 Å². The molecular weight excluding hydrogens is 586 g/mol. The van der Waals surface area contributed by atoms with Crippen molar-refractivity contribution in [2.24, 2.45) is 28.1 Å². The summed E-state index contributed by atoms with van der Waals surface area (Å²) in [6, 6.07) is 2.66. The summed E-state index contributed by atoms with van der Waals surface area (Å²) < 4.78 is 84.0. The van der Waals surface area contributed by atoms with Crippen LogP contribution in [0, 0.1) is 35.3 Å². The molecule has 1 amide bonds. The molecule has 2 aliphatic heterocycles. The molecule has 3 aliphatic carbocycles. The average molecular weight is 613 g/mol. The first-order valence-corrected chi connectivity index (χ1v) is 17.0. The summed E-state index contributed by atoms with van der Waals surface area (Å²) >= 11 is 0.989. The highest BCUT2D eigenvalue weighted by molar-refractivity contribution is 7.91. The molecule has 5 aliphatic rings. The van der Waals surface area contributed by atoms with E-state index in [4.69, 9.17) is 0 Å². The van der Waals surface area contributed by atoms with Crippen molar-refractivity contribution in [3.8, 4) is 0 Å². The number of anilines is 1. The van der Waals surface area contributed by atoms with Crippen molar-refractivity contribution in [2.75, 3.05) is 11.6 Å². The van der Waals surface area contributed by atoms with Crippen LogP contribution in [0.1, 0.15) is 36.8 Å². The Morgan fingerprint density at radius 1 is 1.12 bits per heavy atom. The Morgan fingerprint density at radius 2 is 1.82 bits per heavy atom. The maximum atomic E-state index is 14.7. The maximum Gasteiger partial charge on any atom is 0.287 e. The highest BCUT2D eigenvalue weighted by Crippen LogP contribution is 2.51. The molecule has 1 aromatic carbocycles. The van der Waals surface area contributed by atoms with Crippen LogP contribution in [0.25, 0.3) is 0 Å². The van der Waals surface area contributed by atoms with Crippen molar-refractivity contribution in [1.29, 1.82) is 0 Å². The molecule has 0 radical (unpaired) electrons. The molecule has 7 rings (SSSR count). The molecule has 3 unspecified atom stereocenters. The number of carbonyl (C=O) groups excluding carboxylic acids is 2. The second-order valence-electron chi connectivity index (χ2n) is 10.8. The zero-order valence-corrected chi connectivity index (χ0v) is 23.7. The lowest BCUT2D eigenvalue weighted by molar-refractivity contribution is -0.162. The molecule has 3 atom stereocenters. The second-order valence-corrected chi connectivity index (χ2v) is 15.1. The molecule has 40 heavy (non-hydrogen) atoms. The summed E-state index contributed by atoms with van der Waals surface area (Å²) in [5.41, 5.74) is 0.276. The quantitative estimate of drug-likeness (QED) is 0.478. The summed E-state index contributed by atoms with van der Waals surface area (Å²) in [5, 5.41) is 4.46. The van der Waals surface area contributed by atoms with Crippen LogP contribution in [0.15, 0.2) is 32.9 Å².